The first-order valence-corrected chi connectivity index (χ1v) is 9.24. The minimum Gasteiger partial charge on any atom is -0.497 e. The highest BCUT2D eigenvalue weighted by molar-refractivity contribution is 6.30. The van der Waals surface area contributed by atoms with E-state index in [9.17, 15) is 4.79 Å². The van der Waals surface area contributed by atoms with E-state index in [4.69, 9.17) is 16.3 Å². The van der Waals surface area contributed by atoms with Gasteiger partial charge in [0.15, 0.2) is 6.04 Å². The number of ether oxygens (including phenoxy) is 1. The fourth-order valence-corrected chi connectivity index (χ4v) is 3.45. The van der Waals surface area contributed by atoms with Crippen LogP contribution in [0, 0.1) is 0 Å². The first-order valence-electron chi connectivity index (χ1n) is 8.87. The lowest BCUT2D eigenvalue weighted by Gasteiger charge is -2.36. The zero-order valence-electron chi connectivity index (χ0n) is 15.2. The second kappa shape index (κ2) is 8.43. The Labute approximate surface area is 159 Å². The topological polar surface area (TPSA) is 46.0 Å². The molecular weight excluding hydrogens is 350 g/mol. The van der Waals surface area contributed by atoms with Gasteiger partial charge in [-0.05, 0) is 49.4 Å². The Balaban J connectivity index is 1.53. The van der Waals surface area contributed by atoms with Gasteiger partial charge >= 0.3 is 0 Å². The highest BCUT2D eigenvalue weighted by Gasteiger charge is 2.29. The normalized spacial score (nSPS) is 16.2. The second-order valence-electron chi connectivity index (χ2n) is 6.56. The molecule has 2 N–H and O–H groups in total. The molecule has 0 aromatic heterocycles. The molecule has 0 saturated carbocycles. The van der Waals surface area contributed by atoms with Crippen molar-refractivity contribution in [1.29, 1.82) is 0 Å². The van der Waals surface area contributed by atoms with Crippen LogP contribution in [0.5, 0.6) is 5.75 Å². The fraction of sp³-hybridized carbons (Fsp3) is 0.350. The maximum Gasteiger partial charge on any atom is 0.282 e. The van der Waals surface area contributed by atoms with E-state index in [0.29, 0.717) is 0 Å². The Morgan fingerprint density at radius 1 is 1.19 bits per heavy atom. The number of benzene rings is 2. The number of nitrogens with one attached hydrogen (secondary N) is 2. The third-order valence-corrected chi connectivity index (χ3v) is 5.18. The molecule has 1 fully saturated rings. The van der Waals surface area contributed by atoms with Crippen molar-refractivity contribution in [2.75, 3.05) is 43.5 Å². The number of piperazine rings is 1. The van der Waals surface area contributed by atoms with Crippen LogP contribution >= 0.6 is 11.6 Å². The van der Waals surface area contributed by atoms with Crippen molar-refractivity contribution in [3.05, 3.63) is 53.6 Å². The number of halogens is 1. The van der Waals surface area contributed by atoms with Crippen molar-refractivity contribution in [2.45, 2.75) is 13.0 Å². The van der Waals surface area contributed by atoms with Crippen LogP contribution in [0.3, 0.4) is 0 Å². The van der Waals surface area contributed by atoms with Crippen LogP contribution in [0.25, 0.3) is 0 Å². The number of amides is 1. The summed E-state index contributed by atoms with van der Waals surface area (Å²) in [6, 6.07) is 15.2. The second-order valence-corrected chi connectivity index (χ2v) is 7.00. The number of nitrogens with zero attached hydrogens (tertiary/aromatic N) is 1. The minimum atomic E-state index is -0.0985. The van der Waals surface area contributed by atoms with E-state index in [-0.39, 0.29) is 11.9 Å². The predicted molar refractivity (Wildman–Crippen MR) is 105 cm³/mol. The highest BCUT2D eigenvalue weighted by atomic mass is 35.5. The van der Waals surface area contributed by atoms with Crippen LogP contribution in [-0.4, -0.2) is 45.2 Å². The Bertz CT molecular complexity index is 743. The molecule has 0 unspecified atom stereocenters. The van der Waals surface area contributed by atoms with E-state index in [1.807, 2.05) is 49.4 Å². The molecule has 1 aliphatic rings. The van der Waals surface area contributed by atoms with Crippen molar-refractivity contribution >= 4 is 28.9 Å². The number of carbonyl (C=O) groups excluding carboxylic acids is 1. The lowest BCUT2D eigenvalue weighted by Crippen LogP contribution is -3.19. The van der Waals surface area contributed by atoms with Crippen LogP contribution in [0.2, 0.25) is 5.02 Å². The number of carbonyl (C=O) groups is 1. The molecule has 1 heterocycles. The third-order valence-electron chi connectivity index (χ3n) is 4.94. The van der Waals surface area contributed by atoms with Crippen molar-refractivity contribution in [3.8, 4) is 5.75 Å². The summed E-state index contributed by atoms with van der Waals surface area (Å²) >= 11 is 6.09. The van der Waals surface area contributed by atoms with E-state index in [1.54, 1.807) is 7.11 Å². The molecule has 1 saturated heterocycles. The van der Waals surface area contributed by atoms with Gasteiger partial charge in [-0.3, -0.25) is 4.79 Å². The molecule has 0 bridgehead atoms. The van der Waals surface area contributed by atoms with Gasteiger partial charge in [0.2, 0.25) is 0 Å². The first kappa shape index (κ1) is 18.5. The van der Waals surface area contributed by atoms with Crippen LogP contribution in [0.4, 0.5) is 11.4 Å². The van der Waals surface area contributed by atoms with E-state index >= 15 is 0 Å². The summed E-state index contributed by atoms with van der Waals surface area (Å²) in [7, 11) is 1.63. The summed E-state index contributed by atoms with van der Waals surface area (Å²) in [4.78, 5) is 16.2. The smallest absolute Gasteiger partial charge is 0.282 e. The van der Waals surface area contributed by atoms with Gasteiger partial charge in [0.1, 0.15) is 5.75 Å². The maximum atomic E-state index is 12.6. The number of hydrogen-bond acceptors (Lipinski definition) is 3. The number of rotatable bonds is 5. The molecule has 138 valence electrons. The van der Waals surface area contributed by atoms with Gasteiger partial charge in [0, 0.05) is 16.4 Å². The molecule has 1 atom stereocenters. The molecule has 6 heteroatoms. The molecular formula is C20H25ClN3O2+. The quantitative estimate of drug-likeness (QED) is 0.842. The van der Waals surface area contributed by atoms with Crippen LogP contribution in [0.15, 0.2) is 48.5 Å². The van der Waals surface area contributed by atoms with Gasteiger partial charge in [-0.1, -0.05) is 17.7 Å². The number of quaternary nitrogens is 1. The summed E-state index contributed by atoms with van der Waals surface area (Å²) in [5, 5.41) is 3.75. The average molecular weight is 375 g/mol. The van der Waals surface area contributed by atoms with Crippen molar-refractivity contribution < 1.29 is 14.4 Å². The average Bonchev–Trinajstić information content (AvgIpc) is 2.68. The number of hydrogen-bond donors (Lipinski definition) is 2. The lowest BCUT2D eigenvalue weighted by molar-refractivity contribution is -0.914. The predicted octanol–water partition coefficient (Wildman–Crippen LogP) is 2.08. The van der Waals surface area contributed by atoms with Crippen molar-refractivity contribution in [1.82, 2.24) is 0 Å². The molecule has 5 nitrogen and oxygen atoms in total. The molecule has 2 aromatic carbocycles. The van der Waals surface area contributed by atoms with Gasteiger partial charge in [-0.2, -0.15) is 0 Å². The van der Waals surface area contributed by atoms with E-state index in [0.717, 1.165) is 48.3 Å². The van der Waals surface area contributed by atoms with Gasteiger partial charge in [-0.25, -0.2) is 0 Å². The molecule has 26 heavy (non-hydrogen) atoms. The van der Waals surface area contributed by atoms with Gasteiger partial charge in [0.05, 0.1) is 33.3 Å². The summed E-state index contributed by atoms with van der Waals surface area (Å²) < 4.78 is 5.14. The first-order chi connectivity index (χ1) is 12.6. The standard InChI is InChI=1S/C20H24ClN3O2/c1-15(20(25)22-17-6-8-19(26-2)9-7-17)23-10-12-24(13-11-23)18-5-3-4-16(21)14-18/h3-9,14-15H,10-13H2,1-2H3,(H,22,25)/p+1/t15-/m1/s1. The van der Waals surface area contributed by atoms with E-state index in [1.165, 1.54) is 4.90 Å². The maximum absolute atomic E-state index is 12.6. The minimum absolute atomic E-state index is 0.0429. The molecule has 0 radical (unpaired) electrons. The van der Waals surface area contributed by atoms with Gasteiger partial charge < -0.3 is 19.9 Å². The SMILES string of the molecule is COc1ccc(NC(=O)[C@@H](C)[NH+]2CCN(c3cccc(Cl)c3)CC2)cc1. The van der Waals surface area contributed by atoms with Gasteiger partial charge in [0.25, 0.3) is 5.91 Å². The van der Waals surface area contributed by atoms with Crippen LogP contribution in [0.1, 0.15) is 6.92 Å². The Kier molecular flexibility index (Phi) is 6.01. The molecule has 0 spiro atoms. The number of methoxy groups -OCH3 is 1. The third kappa shape index (κ3) is 4.48. The lowest BCUT2D eigenvalue weighted by atomic mass is 10.2. The van der Waals surface area contributed by atoms with Crippen molar-refractivity contribution in [3.63, 3.8) is 0 Å². The van der Waals surface area contributed by atoms with E-state index < -0.39 is 0 Å². The Morgan fingerprint density at radius 3 is 2.50 bits per heavy atom. The van der Waals surface area contributed by atoms with E-state index in [2.05, 4.69) is 16.3 Å². The summed E-state index contributed by atoms with van der Waals surface area (Å²) in [6.07, 6.45) is 0. The monoisotopic (exact) mass is 374 g/mol. The molecule has 2 aromatic rings. The van der Waals surface area contributed by atoms with Crippen LogP contribution in [-0.2, 0) is 4.79 Å². The van der Waals surface area contributed by atoms with Crippen LogP contribution < -0.4 is 19.9 Å². The zero-order chi connectivity index (χ0) is 18.5. The van der Waals surface area contributed by atoms with Gasteiger partial charge in [-0.15, -0.1) is 0 Å². The summed E-state index contributed by atoms with van der Waals surface area (Å²) in [5.41, 5.74) is 1.94. The fourth-order valence-electron chi connectivity index (χ4n) is 3.27. The molecule has 1 amide bonds. The Hall–Kier alpha value is -2.24. The Morgan fingerprint density at radius 2 is 1.88 bits per heavy atom. The summed E-state index contributed by atoms with van der Waals surface area (Å²) in [6.45, 7) is 5.66. The summed E-state index contributed by atoms with van der Waals surface area (Å²) in [5.74, 6) is 0.820. The molecule has 3 rings (SSSR count). The largest absolute Gasteiger partial charge is 0.497 e. The highest BCUT2D eigenvalue weighted by Crippen LogP contribution is 2.19. The molecule has 1 aliphatic heterocycles. The number of anilines is 2. The zero-order valence-corrected chi connectivity index (χ0v) is 15.9. The molecule has 0 aliphatic carbocycles. The van der Waals surface area contributed by atoms with Crippen molar-refractivity contribution in [2.24, 2.45) is 0 Å².